The fourth-order valence-corrected chi connectivity index (χ4v) is 2.72. The molecule has 22 heavy (non-hydrogen) atoms. The highest BCUT2D eigenvalue weighted by molar-refractivity contribution is 7.16. The van der Waals surface area contributed by atoms with E-state index < -0.39 is 0 Å². The van der Waals surface area contributed by atoms with E-state index in [0.29, 0.717) is 24.2 Å². The SMILES string of the molecule is O=Nc1ccccc1C#CCCNc1ncnc2sccc12. The van der Waals surface area contributed by atoms with Crippen molar-refractivity contribution in [3.8, 4) is 11.8 Å². The monoisotopic (exact) mass is 308 g/mol. The van der Waals surface area contributed by atoms with Crippen molar-refractivity contribution < 1.29 is 0 Å². The van der Waals surface area contributed by atoms with Gasteiger partial charge in [0.2, 0.25) is 0 Å². The first-order valence-electron chi connectivity index (χ1n) is 6.72. The van der Waals surface area contributed by atoms with Crippen LogP contribution in [0.15, 0.2) is 47.2 Å². The Morgan fingerprint density at radius 1 is 1.23 bits per heavy atom. The van der Waals surface area contributed by atoms with Crippen LogP contribution in [-0.4, -0.2) is 16.5 Å². The summed E-state index contributed by atoms with van der Waals surface area (Å²) in [6.45, 7) is 0.672. The lowest BCUT2D eigenvalue weighted by Crippen LogP contribution is -2.02. The van der Waals surface area contributed by atoms with Gasteiger partial charge in [-0.2, -0.15) is 0 Å². The first kappa shape index (κ1) is 14.2. The molecule has 6 heteroatoms. The Bertz CT molecular complexity index is 863. The van der Waals surface area contributed by atoms with Crippen molar-refractivity contribution in [1.82, 2.24) is 9.97 Å². The van der Waals surface area contributed by atoms with Crippen LogP contribution in [0.4, 0.5) is 11.5 Å². The number of nitroso groups, excluding NO2 is 1. The molecule has 0 radical (unpaired) electrons. The molecule has 0 bridgehead atoms. The Hall–Kier alpha value is -2.78. The molecule has 0 aliphatic rings. The summed E-state index contributed by atoms with van der Waals surface area (Å²) in [5.74, 6) is 6.83. The van der Waals surface area contributed by atoms with Crippen molar-refractivity contribution in [1.29, 1.82) is 0 Å². The number of hydrogen-bond acceptors (Lipinski definition) is 6. The minimum Gasteiger partial charge on any atom is -0.368 e. The van der Waals surface area contributed by atoms with Crippen LogP contribution in [0, 0.1) is 16.7 Å². The van der Waals surface area contributed by atoms with Gasteiger partial charge in [0.25, 0.3) is 0 Å². The van der Waals surface area contributed by atoms with E-state index in [-0.39, 0.29) is 0 Å². The molecule has 0 saturated carbocycles. The van der Waals surface area contributed by atoms with Crippen LogP contribution < -0.4 is 5.32 Å². The third kappa shape index (κ3) is 3.10. The van der Waals surface area contributed by atoms with E-state index in [1.165, 1.54) is 0 Å². The Labute approximate surface area is 131 Å². The average Bonchev–Trinajstić information content (AvgIpc) is 3.04. The number of nitrogens with zero attached hydrogens (tertiary/aromatic N) is 3. The lowest BCUT2D eigenvalue weighted by molar-refractivity contribution is 1.07. The third-order valence-electron chi connectivity index (χ3n) is 3.03. The van der Waals surface area contributed by atoms with Crippen molar-refractivity contribution in [2.45, 2.75) is 6.42 Å². The summed E-state index contributed by atoms with van der Waals surface area (Å²) in [7, 11) is 0. The second-order valence-electron chi connectivity index (χ2n) is 4.45. The highest BCUT2D eigenvalue weighted by Crippen LogP contribution is 2.23. The summed E-state index contributed by atoms with van der Waals surface area (Å²) in [4.78, 5) is 20.1. The molecule has 2 aromatic heterocycles. The summed E-state index contributed by atoms with van der Waals surface area (Å²) >= 11 is 1.59. The van der Waals surface area contributed by atoms with Gasteiger partial charge in [-0.3, -0.25) is 0 Å². The number of nitrogens with one attached hydrogen (secondary N) is 1. The molecule has 0 spiro atoms. The fourth-order valence-electron chi connectivity index (χ4n) is 1.99. The van der Waals surface area contributed by atoms with Gasteiger partial charge in [0, 0.05) is 13.0 Å². The third-order valence-corrected chi connectivity index (χ3v) is 3.85. The van der Waals surface area contributed by atoms with Crippen LogP contribution in [0.3, 0.4) is 0 Å². The molecule has 0 unspecified atom stereocenters. The fraction of sp³-hybridized carbons (Fsp3) is 0.125. The van der Waals surface area contributed by atoms with Crippen LogP contribution in [0.1, 0.15) is 12.0 Å². The number of anilines is 1. The lowest BCUT2D eigenvalue weighted by atomic mass is 10.2. The number of fused-ring (bicyclic) bond motifs is 1. The smallest absolute Gasteiger partial charge is 0.138 e. The van der Waals surface area contributed by atoms with Crippen molar-refractivity contribution in [3.63, 3.8) is 0 Å². The Morgan fingerprint density at radius 2 is 2.14 bits per heavy atom. The molecular formula is C16H12N4OS. The van der Waals surface area contributed by atoms with E-state index in [1.807, 2.05) is 17.5 Å². The largest absolute Gasteiger partial charge is 0.368 e. The molecule has 5 nitrogen and oxygen atoms in total. The number of benzene rings is 1. The quantitative estimate of drug-likeness (QED) is 0.450. The van der Waals surface area contributed by atoms with Gasteiger partial charge in [-0.1, -0.05) is 24.0 Å². The average molecular weight is 308 g/mol. The first-order valence-corrected chi connectivity index (χ1v) is 7.60. The highest BCUT2D eigenvalue weighted by atomic mass is 32.1. The van der Waals surface area contributed by atoms with Gasteiger partial charge in [0.15, 0.2) is 0 Å². The zero-order valence-electron chi connectivity index (χ0n) is 11.6. The van der Waals surface area contributed by atoms with Crippen LogP contribution in [0.2, 0.25) is 0 Å². The van der Waals surface area contributed by atoms with Gasteiger partial charge in [0.05, 0.1) is 10.9 Å². The number of rotatable bonds is 4. The maximum Gasteiger partial charge on any atom is 0.138 e. The molecule has 0 atom stereocenters. The van der Waals surface area contributed by atoms with Crippen molar-refractivity contribution >= 4 is 33.1 Å². The van der Waals surface area contributed by atoms with Crippen LogP contribution in [0.25, 0.3) is 10.2 Å². The molecule has 3 aromatic rings. The molecule has 2 heterocycles. The molecule has 0 aliphatic heterocycles. The van der Waals surface area contributed by atoms with Gasteiger partial charge >= 0.3 is 0 Å². The zero-order chi connectivity index (χ0) is 15.2. The summed E-state index contributed by atoms with van der Waals surface area (Å²) in [5.41, 5.74) is 1.03. The molecule has 0 amide bonds. The number of hydrogen-bond donors (Lipinski definition) is 1. The van der Waals surface area contributed by atoms with E-state index in [9.17, 15) is 4.91 Å². The van der Waals surface area contributed by atoms with E-state index in [1.54, 1.807) is 35.9 Å². The summed E-state index contributed by atoms with van der Waals surface area (Å²) < 4.78 is 0. The van der Waals surface area contributed by atoms with E-state index in [4.69, 9.17) is 0 Å². The zero-order valence-corrected chi connectivity index (χ0v) is 12.4. The molecule has 1 N–H and O–H groups in total. The predicted molar refractivity (Wildman–Crippen MR) is 89.3 cm³/mol. The van der Waals surface area contributed by atoms with Gasteiger partial charge in [-0.05, 0) is 28.8 Å². The van der Waals surface area contributed by atoms with Crippen molar-refractivity contribution in [2.24, 2.45) is 5.18 Å². The maximum absolute atomic E-state index is 10.7. The van der Waals surface area contributed by atoms with Gasteiger partial charge in [-0.15, -0.1) is 16.2 Å². The minimum atomic E-state index is 0.374. The first-order chi connectivity index (χ1) is 10.9. The predicted octanol–water partition coefficient (Wildman–Crippen LogP) is 3.94. The normalized spacial score (nSPS) is 10.0. The van der Waals surface area contributed by atoms with Crippen LogP contribution >= 0.6 is 11.3 Å². The molecule has 0 saturated heterocycles. The topological polar surface area (TPSA) is 67.2 Å². The minimum absolute atomic E-state index is 0.374. The summed E-state index contributed by atoms with van der Waals surface area (Å²) in [6, 6.07) is 9.05. The van der Waals surface area contributed by atoms with Crippen LogP contribution in [-0.2, 0) is 0 Å². The van der Waals surface area contributed by atoms with Gasteiger partial charge in [0.1, 0.15) is 22.7 Å². The van der Waals surface area contributed by atoms with E-state index >= 15 is 0 Å². The second-order valence-corrected chi connectivity index (χ2v) is 5.34. The molecule has 0 aliphatic carbocycles. The molecule has 1 aromatic carbocycles. The number of aromatic nitrogens is 2. The van der Waals surface area contributed by atoms with Crippen molar-refractivity contribution in [3.05, 3.63) is 52.5 Å². The standard InChI is InChI=1S/C16H12N4OS/c21-20-14-7-2-1-5-12(14)6-3-4-9-17-15-13-8-10-22-16(13)19-11-18-15/h1-2,5,7-8,10-11H,4,9H2,(H,17,18,19). The van der Waals surface area contributed by atoms with E-state index in [0.717, 1.165) is 16.0 Å². The second kappa shape index (κ2) is 6.78. The molecule has 3 rings (SSSR count). The Kier molecular flexibility index (Phi) is 4.37. The van der Waals surface area contributed by atoms with Gasteiger partial charge in [-0.25, -0.2) is 9.97 Å². The summed E-state index contributed by atoms with van der Waals surface area (Å²) in [6.07, 6.45) is 2.20. The van der Waals surface area contributed by atoms with Crippen molar-refractivity contribution in [2.75, 3.05) is 11.9 Å². The Morgan fingerprint density at radius 3 is 3.05 bits per heavy atom. The number of thiophene rings is 1. The van der Waals surface area contributed by atoms with Crippen LogP contribution in [0.5, 0.6) is 0 Å². The Balaban J connectivity index is 1.62. The van der Waals surface area contributed by atoms with E-state index in [2.05, 4.69) is 32.3 Å². The molecule has 0 fully saturated rings. The molecule has 108 valence electrons. The summed E-state index contributed by atoms with van der Waals surface area (Å²) in [5, 5.41) is 9.24. The lowest BCUT2D eigenvalue weighted by Gasteiger charge is -2.03. The molecular weight excluding hydrogens is 296 g/mol. The highest BCUT2D eigenvalue weighted by Gasteiger charge is 2.03. The maximum atomic E-state index is 10.7. The van der Waals surface area contributed by atoms with Gasteiger partial charge < -0.3 is 5.32 Å².